The topological polar surface area (TPSA) is 97.0 Å². The van der Waals surface area contributed by atoms with Crippen molar-refractivity contribution in [3.63, 3.8) is 0 Å². The Balaban J connectivity index is 1.34. The molecule has 0 bridgehead atoms. The number of hydrogen-bond acceptors (Lipinski definition) is 4. The van der Waals surface area contributed by atoms with Gasteiger partial charge in [0.15, 0.2) is 0 Å². The molecule has 2 aromatic carbocycles. The first-order chi connectivity index (χ1) is 18.4. The maximum absolute atomic E-state index is 13.4. The van der Waals surface area contributed by atoms with Gasteiger partial charge in [0.2, 0.25) is 0 Å². The Kier molecular flexibility index (Phi) is 7.20. The van der Waals surface area contributed by atoms with Crippen molar-refractivity contribution in [1.82, 2.24) is 19.7 Å². The van der Waals surface area contributed by atoms with Crippen molar-refractivity contribution >= 4 is 51.8 Å². The van der Waals surface area contributed by atoms with Gasteiger partial charge in [0.05, 0.1) is 22.8 Å². The minimum atomic E-state index is -0.654. The molecule has 0 aliphatic carbocycles. The molecule has 0 spiro atoms. The van der Waals surface area contributed by atoms with Gasteiger partial charge in [-0.15, -0.1) is 18.2 Å². The fourth-order valence-corrected chi connectivity index (χ4v) is 5.33. The van der Waals surface area contributed by atoms with Gasteiger partial charge >= 0.3 is 6.03 Å². The highest BCUT2D eigenvalue weighted by molar-refractivity contribution is 6.45. The van der Waals surface area contributed by atoms with Crippen molar-refractivity contribution in [2.45, 2.75) is 6.04 Å². The molecule has 1 atom stereocenters. The predicted octanol–water partition coefficient (Wildman–Crippen LogP) is 3.37. The molecule has 1 N–H and O–H groups in total. The zero-order valence-electron chi connectivity index (χ0n) is 20.8. The smallest absolute Gasteiger partial charge is 0.324 e. The monoisotopic (exact) mass is 533 g/mol. The van der Waals surface area contributed by atoms with Crippen molar-refractivity contribution in [1.29, 1.82) is 0 Å². The molecule has 0 radical (unpaired) electrons. The van der Waals surface area contributed by atoms with E-state index < -0.39 is 17.7 Å². The van der Waals surface area contributed by atoms with Gasteiger partial charge in [-0.05, 0) is 18.2 Å². The summed E-state index contributed by atoms with van der Waals surface area (Å²) in [5.41, 5.74) is 2.07. The number of Topliss-reactive ketones (excluding diaryl/α,β-unsaturated/α-hetero) is 1. The summed E-state index contributed by atoms with van der Waals surface area (Å²) < 4.78 is 0. The number of halogens is 1. The van der Waals surface area contributed by atoms with Crippen LogP contribution in [-0.2, 0) is 4.79 Å². The molecular weight excluding hydrogens is 506 g/mol. The van der Waals surface area contributed by atoms with E-state index >= 15 is 0 Å². The fraction of sp³-hybridized carbons (Fsp3) is 0.286. The number of piperazine rings is 1. The lowest BCUT2D eigenvalue weighted by Crippen LogP contribution is -2.57. The zero-order valence-corrected chi connectivity index (χ0v) is 21.6. The van der Waals surface area contributed by atoms with E-state index in [1.807, 2.05) is 12.1 Å². The first-order valence-electron chi connectivity index (χ1n) is 12.5. The number of urea groups is 1. The molecule has 3 heterocycles. The quantitative estimate of drug-likeness (QED) is 0.218. The number of carbonyl (C=O) groups excluding carboxylic acids is 4. The molecular formula is C28H28ClN5O4. The molecule has 196 valence electrons. The van der Waals surface area contributed by atoms with E-state index in [9.17, 15) is 19.2 Å². The van der Waals surface area contributed by atoms with E-state index in [4.69, 9.17) is 11.6 Å². The number of carbonyl (C=O) groups is 4. The molecule has 2 aliphatic heterocycles. The van der Waals surface area contributed by atoms with Crippen LogP contribution in [0, 0.1) is 0 Å². The number of H-pyrrole nitrogens is 1. The van der Waals surface area contributed by atoms with Gasteiger partial charge in [0, 0.05) is 62.3 Å². The van der Waals surface area contributed by atoms with Crippen LogP contribution >= 0.6 is 11.6 Å². The van der Waals surface area contributed by atoms with Gasteiger partial charge in [0.1, 0.15) is 0 Å². The molecule has 10 heteroatoms. The Morgan fingerprint density at radius 1 is 1.03 bits per heavy atom. The minimum absolute atomic E-state index is 0.124. The van der Waals surface area contributed by atoms with Gasteiger partial charge < -0.3 is 19.7 Å². The number of rotatable bonds is 7. The molecule has 0 saturated carbocycles. The van der Waals surface area contributed by atoms with Crippen molar-refractivity contribution in [3.05, 3.63) is 78.5 Å². The molecule has 4 amide bonds. The third-order valence-electron chi connectivity index (χ3n) is 7.13. The third-order valence-corrected chi connectivity index (χ3v) is 7.30. The van der Waals surface area contributed by atoms with Crippen LogP contribution in [-0.4, -0.2) is 94.5 Å². The molecule has 9 nitrogen and oxygen atoms in total. The molecule has 38 heavy (non-hydrogen) atoms. The first kappa shape index (κ1) is 25.5. The lowest BCUT2D eigenvalue weighted by atomic mass is 10.0. The van der Waals surface area contributed by atoms with Crippen LogP contribution in [0.1, 0.15) is 20.7 Å². The summed E-state index contributed by atoms with van der Waals surface area (Å²) >= 11 is 5.82. The molecule has 3 aromatic rings. The number of nitrogens with zero attached hydrogens (tertiary/aromatic N) is 4. The van der Waals surface area contributed by atoms with Gasteiger partial charge in [-0.3, -0.25) is 19.3 Å². The number of fused-ring (bicyclic) bond motifs is 1. The average molecular weight is 534 g/mol. The number of anilines is 1. The summed E-state index contributed by atoms with van der Waals surface area (Å²) in [6, 6.07) is 13.7. The van der Waals surface area contributed by atoms with Gasteiger partial charge in [-0.1, -0.05) is 36.4 Å². The number of para-hydroxylation sites is 1. The SMILES string of the molecule is C=CC1CN(C(=O)c2ccccc2)CCN1C(=O)C(=O)c1c[nH]c2c(N3CCN(CCCl)C3=O)cccc12. The molecule has 1 aromatic heterocycles. The van der Waals surface area contributed by atoms with E-state index in [-0.39, 0.29) is 30.6 Å². The summed E-state index contributed by atoms with van der Waals surface area (Å²) in [6.07, 6.45) is 3.11. The number of aromatic amines is 1. The highest BCUT2D eigenvalue weighted by Crippen LogP contribution is 2.31. The van der Waals surface area contributed by atoms with Gasteiger partial charge in [-0.2, -0.15) is 0 Å². The highest BCUT2D eigenvalue weighted by Gasteiger charge is 2.36. The van der Waals surface area contributed by atoms with Crippen LogP contribution < -0.4 is 4.90 Å². The molecule has 1 unspecified atom stereocenters. The van der Waals surface area contributed by atoms with Crippen LogP contribution in [0.5, 0.6) is 0 Å². The van der Waals surface area contributed by atoms with Crippen LogP contribution in [0.3, 0.4) is 0 Å². The van der Waals surface area contributed by atoms with Gasteiger partial charge in [0.25, 0.3) is 17.6 Å². The number of hydrogen-bond donors (Lipinski definition) is 1. The second kappa shape index (κ2) is 10.7. The number of benzene rings is 2. The van der Waals surface area contributed by atoms with E-state index in [0.717, 1.165) is 0 Å². The Labute approximate surface area is 225 Å². The van der Waals surface area contributed by atoms with E-state index in [0.29, 0.717) is 54.2 Å². The van der Waals surface area contributed by atoms with Gasteiger partial charge in [-0.25, -0.2) is 4.79 Å². The predicted molar refractivity (Wildman–Crippen MR) is 146 cm³/mol. The van der Waals surface area contributed by atoms with E-state index in [1.54, 1.807) is 57.2 Å². The lowest BCUT2D eigenvalue weighted by molar-refractivity contribution is -0.129. The minimum Gasteiger partial charge on any atom is -0.359 e. The van der Waals surface area contributed by atoms with Crippen molar-refractivity contribution < 1.29 is 19.2 Å². The standard InChI is InChI=1S/C28H28ClN5O4/c1-2-20-18-32(26(36)19-7-4-3-5-8-19)14-15-33(20)27(37)25(35)22-17-30-24-21(22)9-6-10-23(24)34-16-13-31(12-11-29)28(34)38/h2-10,17,20,30H,1,11-16,18H2. The van der Waals surface area contributed by atoms with Crippen molar-refractivity contribution in [2.75, 3.05) is 50.0 Å². The lowest BCUT2D eigenvalue weighted by Gasteiger charge is -2.39. The molecule has 2 saturated heterocycles. The Morgan fingerprint density at radius 2 is 1.82 bits per heavy atom. The molecule has 2 fully saturated rings. The van der Waals surface area contributed by atoms with Crippen LogP contribution in [0.15, 0.2) is 67.4 Å². The maximum Gasteiger partial charge on any atom is 0.324 e. The number of nitrogens with one attached hydrogen (secondary N) is 1. The normalized spacial score (nSPS) is 17.8. The molecule has 5 rings (SSSR count). The Hall–Kier alpha value is -4.11. The largest absolute Gasteiger partial charge is 0.359 e. The number of ketones is 1. The first-order valence-corrected chi connectivity index (χ1v) is 13.0. The summed E-state index contributed by atoms with van der Waals surface area (Å²) in [4.78, 5) is 62.1. The Bertz CT molecular complexity index is 1400. The van der Waals surface area contributed by atoms with Crippen LogP contribution in [0.2, 0.25) is 0 Å². The summed E-state index contributed by atoms with van der Waals surface area (Å²) in [5.74, 6) is -1.08. The second-order valence-corrected chi connectivity index (χ2v) is 9.64. The fourth-order valence-electron chi connectivity index (χ4n) is 5.12. The third kappa shape index (κ3) is 4.54. The summed E-state index contributed by atoms with van der Waals surface area (Å²) in [6.45, 7) is 6.15. The second-order valence-electron chi connectivity index (χ2n) is 9.26. The van der Waals surface area contributed by atoms with E-state index in [1.165, 1.54) is 11.1 Å². The maximum atomic E-state index is 13.4. The summed E-state index contributed by atoms with van der Waals surface area (Å²) in [7, 11) is 0. The number of aromatic nitrogens is 1. The van der Waals surface area contributed by atoms with Crippen LogP contribution in [0.25, 0.3) is 10.9 Å². The number of amides is 4. The Morgan fingerprint density at radius 3 is 2.55 bits per heavy atom. The summed E-state index contributed by atoms with van der Waals surface area (Å²) in [5, 5.41) is 0.567. The highest BCUT2D eigenvalue weighted by atomic mass is 35.5. The molecule has 2 aliphatic rings. The number of alkyl halides is 1. The van der Waals surface area contributed by atoms with Crippen LogP contribution in [0.4, 0.5) is 10.5 Å². The van der Waals surface area contributed by atoms with Crippen molar-refractivity contribution in [2.24, 2.45) is 0 Å². The van der Waals surface area contributed by atoms with E-state index in [2.05, 4.69) is 11.6 Å². The average Bonchev–Trinajstić information content (AvgIpc) is 3.55. The van der Waals surface area contributed by atoms with Crippen molar-refractivity contribution in [3.8, 4) is 0 Å². The zero-order chi connectivity index (χ0) is 26.8.